The van der Waals surface area contributed by atoms with Gasteiger partial charge in [0.25, 0.3) is 0 Å². The molecule has 9 nitrogen and oxygen atoms in total. The van der Waals surface area contributed by atoms with Gasteiger partial charge in [-0.25, -0.2) is 9.59 Å². The number of hydrogen-bond donors (Lipinski definition) is 1. The van der Waals surface area contributed by atoms with Gasteiger partial charge in [0.15, 0.2) is 29.7 Å². The molecular formula is C22H28O9. The average molecular weight is 436 g/mol. The number of hydrogen-bond acceptors (Lipinski definition) is 9. The number of aliphatic hydroxyl groups is 1. The zero-order chi connectivity index (χ0) is 22.9. The van der Waals surface area contributed by atoms with E-state index in [2.05, 4.69) is 6.58 Å². The molecule has 31 heavy (non-hydrogen) atoms. The SMILES string of the molecule is C=C1C(=O)O[C@@H]2[C@]3(C)CC/C=C(/C)[C@@H](OC(C)=O)[C@@H](OC(=O)[C@@]4(C)O[C@@H]4C)[C@@]12O[C@H]3O. The third-order valence-corrected chi connectivity index (χ3v) is 7.17. The van der Waals surface area contributed by atoms with E-state index in [-0.39, 0.29) is 11.7 Å². The first-order valence-electron chi connectivity index (χ1n) is 10.4. The molecule has 0 saturated carbocycles. The number of esters is 3. The van der Waals surface area contributed by atoms with Gasteiger partial charge in [0.1, 0.15) is 6.10 Å². The smallest absolute Gasteiger partial charge is 0.341 e. The highest BCUT2D eigenvalue weighted by atomic mass is 16.7. The molecule has 1 N–H and O–H groups in total. The largest absolute Gasteiger partial charge is 0.455 e. The van der Waals surface area contributed by atoms with E-state index in [1.807, 2.05) is 6.08 Å². The molecule has 170 valence electrons. The summed E-state index contributed by atoms with van der Waals surface area (Å²) >= 11 is 0. The molecule has 0 aromatic heterocycles. The third-order valence-electron chi connectivity index (χ3n) is 7.17. The summed E-state index contributed by atoms with van der Waals surface area (Å²) in [6.07, 6.45) is -2.30. The van der Waals surface area contributed by atoms with Gasteiger partial charge in [-0.3, -0.25) is 4.79 Å². The first-order valence-corrected chi connectivity index (χ1v) is 10.4. The lowest BCUT2D eigenvalue weighted by Crippen LogP contribution is -2.59. The molecule has 0 amide bonds. The van der Waals surface area contributed by atoms with Crippen LogP contribution in [0.15, 0.2) is 23.8 Å². The quantitative estimate of drug-likeness (QED) is 0.230. The second-order valence-electron chi connectivity index (χ2n) is 9.24. The number of carbonyl (C=O) groups excluding carboxylic acids is 3. The highest BCUT2D eigenvalue weighted by molar-refractivity contribution is 5.94. The Kier molecular flexibility index (Phi) is 4.88. The topological polar surface area (TPSA) is 121 Å². The molecule has 0 aromatic rings. The fourth-order valence-corrected chi connectivity index (χ4v) is 4.89. The van der Waals surface area contributed by atoms with Gasteiger partial charge in [0.05, 0.1) is 17.1 Å². The summed E-state index contributed by atoms with van der Waals surface area (Å²) in [6.45, 7) is 11.9. The molecule has 3 heterocycles. The Hall–Kier alpha value is -2.23. The molecule has 0 aromatic carbocycles. The maximum atomic E-state index is 13.1. The van der Waals surface area contributed by atoms with E-state index in [4.69, 9.17) is 23.7 Å². The van der Waals surface area contributed by atoms with E-state index in [1.54, 1.807) is 27.7 Å². The summed E-state index contributed by atoms with van der Waals surface area (Å²) in [4.78, 5) is 37.7. The minimum absolute atomic E-state index is 0.0974. The second kappa shape index (κ2) is 6.88. The summed E-state index contributed by atoms with van der Waals surface area (Å²) in [6, 6.07) is 0. The van der Waals surface area contributed by atoms with E-state index in [0.29, 0.717) is 18.4 Å². The average Bonchev–Trinajstić information content (AvgIpc) is 3.14. The van der Waals surface area contributed by atoms with Crippen LogP contribution in [0.3, 0.4) is 0 Å². The zero-order valence-corrected chi connectivity index (χ0v) is 18.3. The number of rotatable bonds is 3. The molecule has 3 aliphatic heterocycles. The van der Waals surface area contributed by atoms with Crippen LogP contribution < -0.4 is 0 Å². The van der Waals surface area contributed by atoms with Crippen LogP contribution in [0.1, 0.15) is 47.5 Å². The van der Waals surface area contributed by atoms with Crippen molar-refractivity contribution >= 4 is 17.9 Å². The first-order chi connectivity index (χ1) is 14.4. The van der Waals surface area contributed by atoms with Crippen LogP contribution in [0.2, 0.25) is 0 Å². The van der Waals surface area contributed by atoms with Gasteiger partial charge >= 0.3 is 17.9 Å². The third kappa shape index (κ3) is 2.97. The Balaban J connectivity index is 1.88. The van der Waals surface area contributed by atoms with Crippen LogP contribution in [-0.2, 0) is 38.1 Å². The van der Waals surface area contributed by atoms with Crippen molar-refractivity contribution in [1.29, 1.82) is 0 Å². The van der Waals surface area contributed by atoms with E-state index < -0.39 is 59.1 Å². The highest BCUT2D eigenvalue weighted by Gasteiger charge is 2.75. The van der Waals surface area contributed by atoms with Crippen LogP contribution in [0.25, 0.3) is 0 Å². The summed E-state index contributed by atoms with van der Waals surface area (Å²) in [5, 5.41) is 10.9. The van der Waals surface area contributed by atoms with E-state index in [0.717, 1.165) is 0 Å². The van der Waals surface area contributed by atoms with E-state index in [1.165, 1.54) is 6.92 Å². The predicted octanol–water partition coefficient (Wildman–Crippen LogP) is 1.32. The molecular weight excluding hydrogens is 408 g/mol. The van der Waals surface area contributed by atoms with Crippen molar-refractivity contribution in [1.82, 2.24) is 0 Å². The number of allylic oxidation sites excluding steroid dienone is 1. The first kappa shape index (κ1) is 22.0. The molecule has 0 unspecified atom stereocenters. The lowest BCUT2D eigenvalue weighted by atomic mass is 9.72. The molecule has 2 bridgehead atoms. The Morgan fingerprint density at radius 1 is 1.26 bits per heavy atom. The van der Waals surface area contributed by atoms with Gasteiger partial charge in [-0.15, -0.1) is 0 Å². The number of carbonyl (C=O) groups is 3. The fourth-order valence-electron chi connectivity index (χ4n) is 4.89. The molecule has 3 fully saturated rings. The Morgan fingerprint density at radius 3 is 2.48 bits per heavy atom. The van der Waals surface area contributed by atoms with Gasteiger partial charge in [0.2, 0.25) is 0 Å². The number of aliphatic hydroxyl groups excluding tert-OH is 1. The van der Waals surface area contributed by atoms with Crippen molar-refractivity contribution in [2.45, 2.75) is 89.4 Å². The number of ether oxygens (including phenoxy) is 5. The molecule has 4 aliphatic rings. The summed E-state index contributed by atoms with van der Waals surface area (Å²) < 4.78 is 28.5. The Labute approximate surface area is 180 Å². The standard InChI is InChI=1S/C22H28O9/c1-10-8-7-9-20(5)17-22(31-18(20)25,11(2)16(24)29-17)15(14(10)27-13(4)23)28-19(26)21(6)12(3)30-21/h8,12,14-15,17-18,25H,2,7,9H2,1,3-6H3/b10-8-/t12-,14-,15-,17-,18-,20+,21+,22+/m1/s1. The molecule has 0 spiro atoms. The van der Waals surface area contributed by atoms with Gasteiger partial charge < -0.3 is 28.8 Å². The molecule has 9 heteroatoms. The lowest BCUT2D eigenvalue weighted by Gasteiger charge is -2.39. The van der Waals surface area contributed by atoms with Crippen molar-refractivity contribution in [2.75, 3.05) is 0 Å². The van der Waals surface area contributed by atoms with Gasteiger partial charge in [-0.2, -0.15) is 0 Å². The van der Waals surface area contributed by atoms with Crippen molar-refractivity contribution in [3.8, 4) is 0 Å². The summed E-state index contributed by atoms with van der Waals surface area (Å²) in [5.74, 6) is -2.01. The normalized spacial score (nSPS) is 47.8. The van der Waals surface area contributed by atoms with Crippen LogP contribution in [0.5, 0.6) is 0 Å². The minimum Gasteiger partial charge on any atom is -0.455 e. The zero-order valence-electron chi connectivity index (χ0n) is 18.3. The highest BCUT2D eigenvalue weighted by Crippen LogP contribution is 2.58. The van der Waals surface area contributed by atoms with Crippen molar-refractivity contribution < 1.29 is 43.2 Å². The number of epoxide rings is 1. The van der Waals surface area contributed by atoms with Gasteiger partial charge in [-0.05, 0) is 39.2 Å². The Morgan fingerprint density at radius 2 is 1.90 bits per heavy atom. The van der Waals surface area contributed by atoms with Crippen LogP contribution in [0, 0.1) is 5.41 Å². The summed E-state index contributed by atoms with van der Waals surface area (Å²) in [7, 11) is 0. The molecule has 3 saturated heterocycles. The van der Waals surface area contributed by atoms with Gasteiger partial charge in [-0.1, -0.05) is 19.6 Å². The molecule has 4 rings (SSSR count). The van der Waals surface area contributed by atoms with Crippen molar-refractivity contribution in [3.05, 3.63) is 23.8 Å². The van der Waals surface area contributed by atoms with Crippen molar-refractivity contribution in [3.63, 3.8) is 0 Å². The lowest BCUT2D eigenvalue weighted by molar-refractivity contribution is -0.213. The van der Waals surface area contributed by atoms with Crippen molar-refractivity contribution in [2.24, 2.45) is 5.41 Å². The van der Waals surface area contributed by atoms with Gasteiger partial charge in [0, 0.05) is 6.92 Å². The van der Waals surface area contributed by atoms with Crippen LogP contribution in [0.4, 0.5) is 0 Å². The van der Waals surface area contributed by atoms with Crippen LogP contribution in [-0.4, -0.2) is 64.9 Å². The maximum Gasteiger partial charge on any atom is 0.341 e. The van der Waals surface area contributed by atoms with E-state index in [9.17, 15) is 19.5 Å². The minimum atomic E-state index is -1.73. The maximum absolute atomic E-state index is 13.1. The molecule has 8 atom stereocenters. The molecule has 0 radical (unpaired) electrons. The predicted molar refractivity (Wildman–Crippen MR) is 104 cm³/mol. The molecule has 1 aliphatic carbocycles. The van der Waals surface area contributed by atoms with E-state index >= 15 is 0 Å². The monoisotopic (exact) mass is 436 g/mol. The second-order valence-corrected chi connectivity index (χ2v) is 9.24. The summed E-state index contributed by atoms with van der Waals surface area (Å²) in [5.41, 5.74) is -3.37. The Bertz CT molecular complexity index is 893. The fraction of sp³-hybridized carbons (Fsp3) is 0.682. The van der Waals surface area contributed by atoms with Crippen LogP contribution >= 0.6 is 0 Å².